The van der Waals surface area contributed by atoms with Gasteiger partial charge in [0.1, 0.15) is 5.82 Å². The number of ether oxygens (including phenoxy) is 1. The van der Waals surface area contributed by atoms with Crippen LogP contribution in [0.2, 0.25) is 0 Å². The summed E-state index contributed by atoms with van der Waals surface area (Å²) in [5, 5.41) is 4.21. The van der Waals surface area contributed by atoms with Gasteiger partial charge in [0.15, 0.2) is 0 Å². The van der Waals surface area contributed by atoms with E-state index in [1.807, 2.05) is 19.9 Å². The number of nitrogens with two attached hydrogens (primary N) is 1. The minimum atomic E-state index is 0.145. The molecule has 1 aromatic heterocycles. The Morgan fingerprint density at radius 2 is 2.42 bits per heavy atom. The number of hydrogen-bond donors (Lipinski definition) is 1. The van der Waals surface area contributed by atoms with Gasteiger partial charge in [0.2, 0.25) is 0 Å². The van der Waals surface area contributed by atoms with Crippen molar-refractivity contribution in [3.8, 4) is 0 Å². The van der Waals surface area contributed by atoms with Crippen LogP contribution in [-0.2, 0) is 11.3 Å². The van der Waals surface area contributed by atoms with Crippen molar-refractivity contribution in [1.82, 2.24) is 9.78 Å². The topological polar surface area (TPSA) is 53.1 Å². The van der Waals surface area contributed by atoms with Gasteiger partial charge in [0, 0.05) is 13.2 Å². The van der Waals surface area contributed by atoms with E-state index in [1.165, 1.54) is 0 Å². The quantitative estimate of drug-likeness (QED) is 0.728. The van der Waals surface area contributed by atoms with Crippen LogP contribution in [0.4, 0.5) is 5.82 Å². The maximum atomic E-state index is 5.69. The maximum Gasteiger partial charge on any atom is 0.122 e. The molecule has 1 unspecified atom stereocenters. The van der Waals surface area contributed by atoms with E-state index in [0.29, 0.717) is 12.4 Å². The normalized spacial score (nSPS) is 13.2. The molecular weight excluding hydrogens is 154 g/mol. The SMILES string of the molecule is COC(C)Cn1nc(C)cc1N. The summed E-state index contributed by atoms with van der Waals surface area (Å²) in [5.74, 6) is 0.691. The lowest BCUT2D eigenvalue weighted by molar-refractivity contribution is 0.100. The van der Waals surface area contributed by atoms with Crippen LogP contribution in [-0.4, -0.2) is 23.0 Å². The first kappa shape index (κ1) is 9.06. The van der Waals surface area contributed by atoms with Crippen molar-refractivity contribution in [2.75, 3.05) is 12.8 Å². The fourth-order valence-electron chi connectivity index (χ4n) is 1.03. The summed E-state index contributed by atoms with van der Waals surface area (Å²) in [6.07, 6.45) is 0.145. The van der Waals surface area contributed by atoms with E-state index in [9.17, 15) is 0 Å². The fraction of sp³-hybridized carbons (Fsp3) is 0.625. The van der Waals surface area contributed by atoms with Crippen molar-refractivity contribution in [2.24, 2.45) is 0 Å². The smallest absolute Gasteiger partial charge is 0.122 e. The van der Waals surface area contributed by atoms with Crippen LogP contribution in [0.1, 0.15) is 12.6 Å². The van der Waals surface area contributed by atoms with Crippen molar-refractivity contribution in [2.45, 2.75) is 26.5 Å². The van der Waals surface area contributed by atoms with Gasteiger partial charge in [-0.2, -0.15) is 5.10 Å². The molecule has 1 atom stereocenters. The Morgan fingerprint density at radius 1 is 1.75 bits per heavy atom. The van der Waals surface area contributed by atoms with Gasteiger partial charge in [0.25, 0.3) is 0 Å². The van der Waals surface area contributed by atoms with Crippen LogP contribution in [0.3, 0.4) is 0 Å². The summed E-state index contributed by atoms with van der Waals surface area (Å²) in [6, 6.07) is 1.85. The predicted molar refractivity (Wildman–Crippen MR) is 47.8 cm³/mol. The third kappa shape index (κ3) is 1.98. The van der Waals surface area contributed by atoms with Gasteiger partial charge in [-0.1, -0.05) is 0 Å². The van der Waals surface area contributed by atoms with Gasteiger partial charge in [-0.3, -0.25) is 0 Å². The molecule has 0 spiro atoms. The Labute approximate surface area is 72.3 Å². The molecule has 0 aromatic carbocycles. The van der Waals surface area contributed by atoms with Gasteiger partial charge in [-0.15, -0.1) is 0 Å². The van der Waals surface area contributed by atoms with Crippen molar-refractivity contribution < 1.29 is 4.74 Å². The number of hydrogen-bond acceptors (Lipinski definition) is 3. The zero-order valence-corrected chi connectivity index (χ0v) is 7.74. The van der Waals surface area contributed by atoms with Crippen molar-refractivity contribution in [3.63, 3.8) is 0 Å². The van der Waals surface area contributed by atoms with E-state index in [0.717, 1.165) is 5.69 Å². The van der Waals surface area contributed by atoms with E-state index in [1.54, 1.807) is 11.8 Å². The van der Waals surface area contributed by atoms with E-state index in [2.05, 4.69) is 5.10 Å². The monoisotopic (exact) mass is 169 g/mol. The lowest BCUT2D eigenvalue weighted by atomic mass is 10.4. The highest BCUT2D eigenvalue weighted by Gasteiger charge is 2.05. The van der Waals surface area contributed by atoms with Crippen LogP contribution in [0.15, 0.2) is 6.07 Å². The predicted octanol–water partition coefficient (Wildman–Crippen LogP) is 0.809. The molecule has 68 valence electrons. The number of methoxy groups -OCH3 is 1. The molecular formula is C8H15N3O. The Morgan fingerprint density at radius 3 is 2.83 bits per heavy atom. The maximum absolute atomic E-state index is 5.69. The van der Waals surface area contributed by atoms with Crippen LogP contribution in [0.5, 0.6) is 0 Å². The van der Waals surface area contributed by atoms with Gasteiger partial charge < -0.3 is 10.5 Å². The molecule has 0 radical (unpaired) electrons. The second-order valence-electron chi connectivity index (χ2n) is 2.94. The molecule has 0 aliphatic rings. The van der Waals surface area contributed by atoms with Gasteiger partial charge in [0.05, 0.1) is 18.3 Å². The van der Waals surface area contributed by atoms with Gasteiger partial charge in [-0.05, 0) is 13.8 Å². The lowest BCUT2D eigenvalue weighted by Crippen LogP contribution is -2.17. The van der Waals surface area contributed by atoms with E-state index >= 15 is 0 Å². The molecule has 2 N–H and O–H groups in total. The highest BCUT2D eigenvalue weighted by Crippen LogP contribution is 2.06. The van der Waals surface area contributed by atoms with E-state index in [4.69, 9.17) is 10.5 Å². The van der Waals surface area contributed by atoms with Crippen LogP contribution in [0.25, 0.3) is 0 Å². The molecule has 0 amide bonds. The Balaban J connectivity index is 2.68. The summed E-state index contributed by atoms with van der Waals surface area (Å²) < 4.78 is 6.86. The van der Waals surface area contributed by atoms with Crippen molar-refractivity contribution in [1.29, 1.82) is 0 Å². The van der Waals surface area contributed by atoms with Gasteiger partial charge in [-0.25, -0.2) is 4.68 Å². The molecule has 0 aliphatic heterocycles. The highest BCUT2D eigenvalue weighted by molar-refractivity contribution is 5.30. The molecule has 0 aliphatic carbocycles. The van der Waals surface area contributed by atoms with Crippen LogP contribution < -0.4 is 5.73 Å². The first-order valence-electron chi connectivity index (χ1n) is 3.96. The molecule has 4 nitrogen and oxygen atoms in total. The minimum absolute atomic E-state index is 0.145. The number of rotatable bonds is 3. The standard InChI is InChI=1S/C8H15N3O/c1-6-4-8(9)11(10-6)5-7(2)12-3/h4,7H,5,9H2,1-3H3. The molecule has 1 heterocycles. The molecule has 0 fully saturated rings. The highest BCUT2D eigenvalue weighted by atomic mass is 16.5. The molecule has 4 heteroatoms. The number of nitrogen functional groups attached to an aromatic ring is 1. The summed E-state index contributed by atoms with van der Waals surface area (Å²) in [7, 11) is 1.68. The minimum Gasteiger partial charge on any atom is -0.384 e. The van der Waals surface area contributed by atoms with Crippen LogP contribution in [0, 0.1) is 6.92 Å². The molecule has 1 rings (SSSR count). The fourth-order valence-corrected chi connectivity index (χ4v) is 1.03. The molecule has 1 aromatic rings. The summed E-state index contributed by atoms with van der Waals surface area (Å²) in [6.45, 7) is 4.61. The van der Waals surface area contributed by atoms with Crippen molar-refractivity contribution >= 4 is 5.82 Å². The first-order chi connectivity index (χ1) is 5.63. The average molecular weight is 169 g/mol. The first-order valence-corrected chi connectivity index (χ1v) is 3.96. The third-order valence-electron chi connectivity index (χ3n) is 1.77. The Kier molecular flexibility index (Phi) is 2.70. The number of nitrogens with zero attached hydrogens (tertiary/aromatic N) is 2. The largest absolute Gasteiger partial charge is 0.384 e. The number of aromatic nitrogens is 2. The zero-order valence-electron chi connectivity index (χ0n) is 7.74. The van der Waals surface area contributed by atoms with Crippen molar-refractivity contribution in [3.05, 3.63) is 11.8 Å². The summed E-state index contributed by atoms with van der Waals surface area (Å²) in [4.78, 5) is 0. The Bertz CT molecular complexity index is 257. The third-order valence-corrected chi connectivity index (χ3v) is 1.77. The zero-order chi connectivity index (χ0) is 9.14. The lowest BCUT2D eigenvalue weighted by Gasteiger charge is -2.09. The number of aryl methyl sites for hydroxylation is 1. The second-order valence-corrected chi connectivity index (χ2v) is 2.94. The summed E-state index contributed by atoms with van der Waals surface area (Å²) in [5.41, 5.74) is 6.63. The van der Waals surface area contributed by atoms with Gasteiger partial charge >= 0.3 is 0 Å². The molecule has 0 saturated carbocycles. The average Bonchev–Trinajstić information content (AvgIpc) is 2.30. The summed E-state index contributed by atoms with van der Waals surface area (Å²) >= 11 is 0. The number of anilines is 1. The molecule has 12 heavy (non-hydrogen) atoms. The van der Waals surface area contributed by atoms with E-state index in [-0.39, 0.29) is 6.10 Å². The van der Waals surface area contributed by atoms with Crippen LogP contribution >= 0.6 is 0 Å². The molecule has 0 saturated heterocycles. The van der Waals surface area contributed by atoms with E-state index < -0.39 is 0 Å². The second kappa shape index (κ2) is 3.58. The molecule has 0 bridgehead atoms. The Hall–Kier alpha value is -1.03.